The third kappa shape index (κ3) is 3.68. The zero-order valence-corrected chi connectivity index (χ0v) is 14.6. The van der Waals surface area contributed by atoms with Gasteiger partial charge in [-0.1, -0.05) is 18.2 Å². The van der Waals surface area contributed by atoms with Crippen LogP contribution in [0.25, 0.3) is 11.0 Å². The molecular weight excluding hydrogens is 368 g/mol. The highest BCUT2D eigenvalue weighted by atomic mass is 32.2. The average Bonchev–Trinajstić information content (AvgIpc) is 3.11. The molecule has 0 spiro atoms. The first kappa shape index (κ1) is 16.9. The van der Waals surface area contributed by atoms with Gasteiger partial charge in [0.05, 0.1) is 10.3 Å². The molecule has 4 N–H and O–H groups in total. The monoisotopic (exact) mass is 382 g/mol. The number of anilines is 3. The summed E-state index contributed by atoms with van der Waals surface area (Å²) < 4.78 is 24.5. The molecule has 0 radical (unpaired) electrons. The Morgan fingerprint density at radius 1 is 0.926 bits per heavy atom. The Hall–Kier alpha value is -3.57. The van der Waals surface area contributed by atoms with Crippen LogP contribution in [0, 0.1) is 0 Å². The second-order valence-electron chi connectivity index (χ2n) is 5.41. The number of hydrazine groups is 1. The van der Waals surface area contributed by atoms with E-state index in [0.717, 1.165) is 5.39 Å². The fourth-order valence-corrected chi connectivity index (χ4v) is 3.19. The molecule has 3 aromatic heterocycles. The Morgan fingerprint density at radius 3 is 2.63 bits per heavy atom. The third-order valence-corrected chi connectivity index (χ3v) is 4.85. The second kappa shape index (κ2) is 6.97. The van der Waals surface area contributed by atoms with Crippen LogP contribution in [0.5, 0.6) is 0 Å². The number of H-pyrrole nitrogens is 1. The largest absolute Gasteiger partial charge is 0.325 e. The van der Waals surface area contributed by atoms with Crippen LogP contribution in [0.1, 0.15) is 0 Å². The van der Waals surface area contributed by atoms with E-state index in [2.05, 4.69) is 40.7 Å². The van der Waals surface area contributed by atoms with Crippen molar-refractivity contribution in [2.75, 3.05) is 10.7 Å². The molecule has 0 aliphatic rings. The molecule has 0 unspecified atom stereocenters. The summed E-state index contributed by atoms with van der Waals surface area (Å²) in [6, 6.07) is 13.3. The second-order valence-corrected chi connectivity index (χ2v) is 7.09. The van der Waals surface area contributed by atoms with Gasteiger partial charge in [0.25, 0.3) is 10.0 Å². The van der Waals surface area contributed by atoms with Gasteiger partial charge < -0.3 is 5.32 Å². The van der Waals surface area contributed by atoms with Gasteiger partial charge in [0.2, 0.25) is 5.95 Å². The minimum absolute atomic E-state index is 0.0847. The van der Waals surface area contributed by atoms with E-state index in [1.54, 1.807) is 36.5 Å². The van der Waals surface area contributed by atoms with Gasteiger partial charge in [-0.25, -0.2) is 18.4 Å². The molecule has 0 saturated heterocycles. The number of sulfonamides is 1. The molecule has 11 heteroatoms. The highest BCUT2D eigenvalue weighted by Crippen LogP contribution is 2.21. The lowest BCUT2D eigenvalue weighted by molar-refractivity contribution is 0.587. The predicted molar refractivity (Wildman–Crippen MR) is 99.6 cm³/mol. The van der Waals surface area contributed by atoms with E-state index in [4.69, 9.17) is 0 Å². The van der Waals surface area contributed by atoms with E-state index in [-0.39, 0.29) is 10.8 Å². The van der Waals surface area contributed by atoms with E-state index in [1.807, 2.05) is 6.07 Å². The van der Waals surface area contributed by atoms with Crippen molar-refractivity contribution >= 4 is 38.6 Å². The molecule has 0 saturated carbocycles. The van der Waals surface area contributed by atoms with Crippen molar-refractivity contribution in [1.82, 2.24) is 30.0 Å². The number of hydrogen-bond acceptors (Lipinski definition) is 8. The Labute approximate surface area is 154 Å². The van der Waals surface area contributed by atoms with Crippen molar-refractivity contribution < 1.29 is 8.42 Å². The average molecular weight is 382 g/mol. The fourth-order valence-electron chi connectivity index (χ4n) is 2.33. The van der Waals surface area contributed by atoms with Crippen molar-refractivity contribution in [1.29, 1.82) is 0 Å². The Kier molecular flexibility index (Phi) is 4.36. The third-order valence-electron chi connectivity index (χ3n) is 3.59. The Morgan fingerprint density at radius 2 is 1.78 bits per heavy atom. The van der Waals surface area contributed by atoms with E-state index >= 15 is 0 Å². The maximum atomic E-state index is 12.2. The molecule has 3 heterocycles. The minimum atomic E-state index is -3.74. The van der Waals surface area contributed by atoms with Gasteiger partial charge in [-0.2, -0.15) is 10.1 Å². The summed E-state index contributed by atoms with van der Waals surface area (Å²) in [5, 5.41) is 10.8. The number of hydrogen-bond donors (Lipinski definition) is 4. The minimum Gasteiger partial charge on any atom is -0.325 e. The summed E-state index contributed by atoms with van der Waals surface area (Å²) in [6.07, 6.45) is 3.14. The lowest BCUT2D eigenvalue weighted by atomic mass is 10.3. The number of nitrogens with one attached hydrogen (secondary N) is 4. The summed E-state index contributed by atoms with van der Waals surface area (Å²) in [5.41, 5.74) is 3.07. The molecule has 0 fully saturated rings. The highest BCUT2D eigenvalue weighted by Gasteiger charge is 2.13. The van der Waals surface area contributed by atoms with Gasteiger partial charge in [-0.05, 0) is 30.3 Å². The molecule has 1 aromatic carbocycles. The van der Waals surface area contributed by atoms with Crippen LogP contribution in [0.4, 0.5) is 17.6 Å². The first-order valence-electron chi connectivity index (χ1n) is 7.84. The van der Waals surface area contributed by atoms with Crippen LogP contribution in [0.15, 0.2) is 65.8 Å². The maximum absolute atomic E-state index is 12.2. The van der Waals surface area contributed by atoms with E-state index < -0.39 is 10.0 Å². The molecule has 0 atom stereocenters. The Bertz CT molecular complexity index is 1180. The smallest absolute Gasteiger partial charge is 0.257 e. The fraction of sp³-hybridized carbons (Fsp3) is 0. The highest BCUT2D eigenvalue weighted by molar-refractivity contribution is 7.89. The van der Waals surface area contributed by atoms with E-state index in [0.29, 0.717) is 17.3 Å². The first-order valence-corrected chi connectivity index (χ1v) is 9.32. The number of nitrogens with zero attached hydrogens (tertiary/aromatic N) is 4. The summed E-state index contributed by atoms with van der Waals surface area (Å²) in [5.74, 6) is 1.15. The zero-order valence-electron chi connectivity index (χ0n) is 13.8. The maximum Gasteiger partial charge on any atom is 0.257 e. The van der Waals surface area contributed by atoms with Crippen LogP contribution in [0.3, 0.4) is 0 Å². The van der Waals surface area contributed by atoms with Crippen LogP contribution >= 0.6 is 0 Å². The molecule has 0 bridgehead atoms. The molecule has 10 nitrogen and oxygen atoms in total. The molecule has 136 valence electrons. The Balaban J connectivity index is 1.50. The van der Waals surface area contributed by atoms with Crippen molar-refractivity contribution in [2.45, 2.75) is 4.90 Å². The van der Waals surface area contributed by atoms with Gasteiger partial charge in [0, 0.05) is 12.4 Å². The summed E-state index contributed by atoms with van der Waals surface area (Å²) in [6.45, 7) is 0. The number of pyridine rings is 1. The SMILES string of the molecule is O=S(=O)(NNc1nccc(Nc2[nH]nc3ncccc23)n1)c1ccccc1. The van der Waals surface area contributed by atoms with E-state index in [9.17, 15) is 8.42 Å². The number of aromatic nitrogens is 5. The van der Waals surface area contributed by atoms with Crippen LogP contribution < -0.4 is 15.6 Å². The van der Waals surface area contributed by atoms with Crippen molar-refractivity contribution in [3.05, 3.63) is 60.9 Å². The topological polar surface area (TPSA) is 138 Å². The first-order chi connectivity index (χ1) is 13.1. The van der Waals surface area contributed by atoms with E-state index in [1.165, 1.54) is 18.3 Å². The molecular formula is C16H14N8O2S. The number of benzene rings is 1. The lowest BCUT2D eigenvalue weighted by Gasteiger charge is -2.09. The molecule has 27 heavy (non-hydrogen) atoms. The number of aromatic amines is 1. The van der Waals surface area contributed by atoms with Gasteiger partial charge in [0.1, 0.15) is 11.6 Å². The molecule has 0 aliphatic heterocycles. The zero-order chi connectivity index (χ0) is 18.7. The summed E-state index contributed by atoms with van der Waals surface area (Å²) in [7, 11) is -3.74. The quantitative estimate of drug-likeness (QED) is 0.370. The van der Waals surface area contributed by atoms with Crippen molar-refractivity contribution in [3.8, 4) is 0 Å². The van der Waals surface area contributed by atoms with Crippen LogP contribution in [-0.2, 0) is 10.0 Å². The van der Waals surface area contributed by atoms with Crippen LogP contribution in [0.2, 0.25) is 0 Å². The summed E-state index contributed by atoms with van der Waals surface area (Å²) >= 11 is 0. The van der Waals surface area contributed by atoms with Crippen LogP contribution in [-0.4, -0.2) is 33.6 Å². The van der Waals surface area contributed by atoms with Crippen molar-refractivity contribution in [3.63, 3.8) is 0 Å². The van der Waals surface area contributed by atoms with Gasteiger partial charge in [-0.3, -0.25) is 10.5 Å². The standard InChI is InChI=1S/C16H14N8O2S/c25-27(26,11-5-2-1-3-6-11)24-23-16-18-10-8-13(20-16)19-15-12-7-4-9-17-14(12)21-22-15/h1-10,24H,(H3,17,18,19,20,21,22,23). The predicted octanol–water partition coefficient (Wildman–Crippen LogP) is 1.80. The number of fused-ring (bicyclic) bond motifs is 1. The van der Waals surface area contributed by atoms with Gasteiger partial charge >= 0.3 is 0 Å². The number of rotatable bonds is 6. The summed E-state index contributed by atoms with van der Waals surface area (Å²) in [4.78, 5) is 14.7. The molecule has 4 rings (SSSR count). The van der Waals surface area contributed by atoms with Gasteiger partial charge in [0.15, 0.2) is 5.65 Å². The lowest BCUT2D eigenvalue weighted by Crippen LogP contribution is -2.30. The van der Waals surface area contributed by atoms with Gasteiger partial charge in [-0.15, -0.1) is 4.83 Å². The molecule has 4 aromatic rings. The van der Waals surface area contributed by atoms with Crippen molar-refractivity contribution in [2.24, 2.45) is 0 Å². The molecule has 0 aliphatic carbocycles. The molecule has 0 amide bonds. The normalized spacial score (nSPS) is 11.4.